The molecule has 0 bridgehead atoms. The van der Waals surface area contributed by atoms with Crippen molar-refractivity contribution < 1.29 is 29.0 Å². The van der Waals surface area contributed by atoms with E-state index in [0.717, 1.165) is 7.11 Å². The summed E-state index contributed by atoms with van der Waals surface area (Å²) in [6.07, 6.45) is 1.35. The van der Waals surface area contributed by atoms with E-state index in [1.807, 2.05) is 5.32 Å². The van der Waals surface area contributed by atoms with Gasteiger partial charge in [-0.3, -0.25) is 9.69 Å². The molecule has 10 heteroatoms. The summed E-state index contributed by atoms with van der Waals surface area (Å²) in [4.78, 5) is 46.8. The zero-order valence-electron chi connectivity index (χ0n) is 12.5. The molecule has 0 spiro atoms. The number of amides is 4. The zero-order chi connectivity index (χ0) is 17.0. The number of methoxy groups -OCH3 is 1. The number of nitrogens with one attached hydrogen (secondary N) is 2. The molecule has 1 fully saturated rings. The first-order valence-electron chi connectivity index (χ1n) is 7.02. The molecule has 0 aliphatic carbocycles. The third-order valence-corrected chi connectivity index (χ3v) is 4.74. The Morgan fingerprint density at radius 2 is 2.13 bits per heavy atom. The van der Waals surface area contributed by atoms with E-state index in [4.69, 9.17) is 0 Å². The average Bonchev–Trinajstić information content (AvgIpc) is 2.79. The number of β-lactam (4-membered cyclic amide) rings is 1. The highest BCUT2D eigenvalue weighted by atomic mass is 32.2. The molecule has 0 saturated carbocycles. The van der Waals surface area contributed by atoms with E-state index in [9.17, 15) is 24.3 Å². The van der Waals surface area contributed by atoms with E-state index in [0.29, 0.717) is 37.1 Å². The quantitative estimate of drug-likeness (QED) is 0.481. The number of carboxylic acids is 1. The van der Waals surface area contributed by atoms with Gasteiger partial charge in [-0.25, -0.2) is 19.7 Å². The number of alkyl carbamates (subject to hydrolysis) is 1. The summed E-state index contributed by atoms with van der Waals surface area (Å²) in [5, 5.41) is 13.6. The molecule has 9 nitrogen and oxygen atoms in total. The monoisotopic (exact) mass is 343 g/mol. The Labute approximate surface area is 136 Å². The molecule has 0 radical (unpaired) electrons. The number of nitrogens with zero attached hydrogens (tertiary/aromatic N) is 1. The van der Waals surface area contributed by atoms with Gasteiger partial charge in [0.1, 0.15) is 5.70 Å². The van der Waals surface area contributed by atoms with Gasteiger partial charge >= 0.3 is 18.1 Å². The Hall–Kier alpha value is -2.23. The van der Waals surface area contributed by atoms with Crippen LogP contribution in [0.15, 0.2) is 10.6 Å². The highest BCUT2D eigenvalue weighted by Crippen LogP contribution is 2.47. The summed E-state index contributed by atoms with van der Waals surface area (Å²) < 4.78 is 4.28. The van der Waals surface area contributed by atoms with Crippen molar-refractivity contribution >= 4 is 35.8 Å². The number of carbonyl (C=O) groups is 4. The third kappa shape index (κ3) is 3.95. The van der Waals surface area contributed by atoms with E-state index >= 15 is 0 Å². The number of thioether (sulfide) groups is 1. The van der Waals surface area contributed by atoms with Crippen molar-refractivity contribution in [2.45, 2.75) is 31.1 Å². The lowest BCUT2D eigenvalue weighted by molar-refractivity contribution is -0.145. The van der Waals surface area contributed by atoms with Crippen molar-refractivity contribution in [2.75, 3.05) is 13.7 Å². The molecule has 1 atom stereocenters. The van der Waals surface area contributed by atoms with Crippen molar-refractivity contribution in [3.63, 3.8) is 0 Å². The normalized spacial score (nSPS) is 19.1. The molecule has 126 valence electrons. The van der Waals surface area contributed by atoms with Crippen LogP contribution in [0.5, 0.6) is 0 Å². The number of urea groups is 1. The third-order valence-electron chi connectivity index (χ3n) is 3.41. The second-order valence-corrected chi connectivity index (χ2v) is 6.22. The van der Waals surface area contributed by atoms with Crippen LogP contribution in [0.25, 0.3) is 0 Å². The van der Waals surface area contributed by atoms with Crippen LogP contribution in [-0.2, 0) is 14.3 Å². The number of allylic oxidation sites excluding steroid dienone is 1. The molecule has 0 unspecified atom stereocenters. The van der Waals surface area contributed by atoms with E-state index in [2.05, 4.69) is 10.1 Å². The summed E-state index contributed by atoms with van der Waals surface area (Å²) in [6.45, 7) is 0.343. The van der Waals surface area contributed by atoms with Gasteiger partial charge in [-0.2, -0.15) is 0 Å². The van der Waals surface area contributed by atoms with Crippen molar-refractivity contribution in [3.8, 4) is 0 Å². The lowest BCUT2D eigenvalue weighted by Gasteiger charge is -2.33. The molecule has 3 N–H and O–H groups in total. The van der Waals surface area contributed by atoms with Crippen LogP contribution in [0, 0.1) is 0 Å². The predicted molar refractivity (Wildman–Crippen MR) is 80.3 cm³/mol. The number of aliphatic carboxylic acids is 1. The first kappa shape index (κ1) is 17.1. The summed E-state index contributed by atoms with van der Waals surface area (Å²) in [6, 6.07) is -0.646. The van der Waals surface area contributed by atoms with Crippen molar-refractivity contribution in [1.29, 1.82) is 0 Å². The van der Waals surface area contributed by atoms with Gasteiger partial charge in [0, 0.05) is 11.4 Å². The van der Waals surface area contributed by atoms with Gasteiger partial charge in [-0.05, 0) is 19.3 Å². The van der Waals surface area contributed by atoms with Crippen molar-refractivity contribution in [2.24, 2.45) is 0 Å². The highest BCUT2D eigenvalue weighted by molar-refractivity contribution is 8.04. The molecular weight excluding hydrogens is 326 g/mol. The lowest BCUT2D eigenvalue weighted by Crippen LogP contribution is -2.48. The van der Waals surface area contributed by atoms with Gasteiger partial charge < -0.3 is 15.2 Å². The van der Waals surface area contributed by atoms with Gasteiger partial charge in [0.2, 0.25) is 5.91 Å². The highest BCUT2D eigenvalue weighted by Gasteiger charge is 2.47. The molecule has 0 aromatic carbocycles. The predicted octanol–water partition coefficient (Wildman–Crippen LogP) is 0.824. The van der Waals surface area contributed by atoms with E-state index in [1.165, 1.54) is 16.7 Å². The number of imide groups is 1. The fourth-order valence-corrected chi connectivity index (χ4v) is 3.75. The molecule has 2 rings (SSSR count). The van der Waals surface area contributed by atoms with Crippen LogP contribution in [0.2, 0.25) is 0 Å². The number of carbonyl (C=O) groups excluding carboxylic acids is 3. The van der Waals surface area contributed by atoms with Crippen LogP contribution in [0.1, 0.15) is 25.7 Å². The Morgan fingerprint density at radius 3 is 2.74 bits per heavy atom. The number of ether oxygens (including phenoxy) is 1. The fourth-order valence-electron chi connectivity index (χ4n) is 2.30. The molecule has 1 saturated heterocycles. The van der Waals surface area contributed by atoms with E-state index in [-0.39, 0.29) is 17.0 Å². The molecule has 0 aromatic rings. The summed E-state index contributed by atoms with van der Waals surface area (Å²) in [5.74, 6) is -1.24. The number of unbranched alkanes of at least 4 members (excludes halogenated alkanes) is 1. The smallest absolute Gasteiger partial charge is 0.415 e. The molecule has 23 heavy (non-hydrogen) atoms. The number of rotatable bonds is 6. The van der Waals surface area contributed by atoms with Gasteiger partial charge in [0.15, 0.2) is 0 Å². The molecule has 2 aliphatic heterocycles. The van der Waals surface area contributed by atoms with Crippen molar-refractivity contribution in [1.82, 2.24) is 15.5 Å². The minimum atomic E-state index is -1.08. The lowest BCUT2D eigenvalue weighted by atomic mass is 10.1. The van der Waals surface area contributed by atoms with E-state index in [1.54, 1.807) is 0 Å². The topological polar surface area (TPSA) is 125 Å². The zero-order valence-corrected chi connectivity index (χ0v) is 13.3. The summed E-state index contributed by atoms with van der Waals surface area (Å²) in [5.41, 5.74) is 0.0904. The second-order valence-electron chi connectivity index (χ2n) is 4.95. The van der Waals surface area contributed by atoms with Gasteiger partial charge in [-0.15, -0.1) is 11.8 Å². The van der Waals surface area contributed by atoms with Gasteiger partial charge in [0.25, 0.3) is 0 Å². The molecule has 2 heterocycles. The standard InChI is InChI=1S/C13H17N3O6S/c1-22-13(21)15-12(20)14-5-3-2-4-7-10(11(18)19)16-8(17)6-9(16)23-7/h9H,2-6H2,1H3,(H,18,19)(H2,14,15,20,21)/t9-/m0/s1. The minimum absolute atomic E-state index is 0.0763. The summed E-state index contributed by atoms with van der Waals surface area (Å²) >= 11 is 1.42. The average molecular weight is 343 g/mol. The molecule has 4 amide bonds. The Kier molecular flexibility index (Phi) is 5.48. The fraction of sp³-hybridized carbons (Fsp3) is 0.538. The Balaban J connectivity index is 1.72. The Morgan fingerprint density at radius 1 is 1.39 bits per heavy atom. The number of hydrogen-bond acceptors (Lipinski definition) is 6. The molecule has 0 aromatic heterocycles. The van der Waals surface area contributed by atoms with Crippen LogP contribution >= 0.6 is 11.8 Å². The first-order chi connectivity index (χ1) is 10.9. The number of hydrogen-bond donors (Lipinski definition) is 3. The SMILES string of the molecule is COC(=O)NC(=O)NCCCCC1=C(C(=O)O)N2C(=O)C[C@@H]2S1. The maximum atomic E-state index is 11.5. The first-order valence-corrected chi connectivity index (χ1v) is 7.90. The summed E-state index contributed by atoms with van der Waals surface area (Å²) in [7, 11) is 1.16. The van der Waals surface area contributed by atoms with Gasteiger partial charge in [-0.1, -0.05) is 0 Å². The Bertz CT molecular complexity index is 576. The molecule has 2 aliphatic rings. The van der Waals surface area contributed by atoms with Crippen LogP contribution < -0.4 is 10.6 Å². The maximum Gasteiger partial charge on any atom is 0.415 e. The molecular formula is C13H17N3O6S. The van der Waals surface area contributed by atoms with Crippen molar-refractivity contribution in [3.05, 3.63) is 10.6 Å². The second kappa shape index (κ2) is 7.36. The van der Waals surface area contributed by atoms with Crippen LogP contribution in [0.4, 0.5) is 9.59 Å². The number of carboxylic acid groups (broad SMARTS) is 1. The van der Waals surface area contributed by atoms with Gasteiger partial charge in [0.05, 0.1) is 18.9 Å². The van der Waals surface area contributed by atoms with Crippen LogP contribution in [0.3, 0.4) is 0 Å². The largest absolute Gasteiger partial charge is 0.477 e. The van der Waals surface area contributed by atoms with Crippen LogP contribution in [-0.4, -0.2) is 53.0 Å². The van der Waals surface area contributed by atoms with E-state index < -0.39 is 18.1 Å². The maximum absolute atomic E-state index is 11.5. The minimum Gasteiger partial charge on any atom is -0.477 e. The number of fused-ring (bicyclic) bond motifs is 1.